The fourth-order valence-electron chi connectivity index (χ4n) is 3.58. The van der Waals surface area contributed by atoms with Crippen LogP contribution in [0.15, 0.2) is 18.3 Å². The van der Waals surface area contributed by atoms with Gasteiger partial charge in [-0.1, -0.05) is 13.0 Å². The average molecular weight is 362 g/mol. The highest BCUT2D eigenvalue weighted by Gasteiger charge is 2.34. The van der Waals surface area contributed by atoms with E-state index in [1.165, 1.54) is 6.42 Å². The Bertz CT molecular complexity index is 610. The molecule has 26 heavy (non-hydrogen) atoms. The Morgan fingerprint density at radius 2 is 2.08 bits per heavy atom. The number of aromatic nitrogens is 1. The standard InChI is InChI=1S/C21H35N3O2/c1-8-16(4)24(20(25)26-21(5,6)7)19-17(11-9-13-22-19)18-12-10-14-23(18)15(2)3/h9,11,13,15-16,18H,8,10,12,14H2,1-7H3/t16-,18+/m0/s1. The van der Waals surface area contributed by atoms with Crippen molar-refractivity contribution in [2.24, 2.45) is 0 Å². The van der Waals surface area contributed by atoms with E-state index in [1.807, 2.05) is 26.8 Å². The number of carbonyl (C=O) groups excluding carboxylic acids is 1. The lowest BCUT2D eigenvalue weighted by atomic mass is 10.0. The molecule has 0 bridgehead atoms. The van der Waals surface area contributed by atoms with Gasteiger partial charge < -0.3 is 4.74 Å². The van der Waals surface area contributed by atoms with E-state index < -0.39 is 5.60 Å². The molecule has 2 atom stereocenters. The molecule has 1 aliphatic rings. The van der Waals surface area contributed by atoms with Crippen molar-refractivity contribution in [1.29, 1.82) is 0 Å². The number of anilines is 1. The molecule has 1 aliphatic heterocycles. The lowest BCUT2D eigenvalue weighted by Crippen LogP contribution is -2.43. The third-order valence-corrected chi connectivity index (χ3v) is 4.98. The van der Waals surface area contributed by atoms with Crippen molar-refractivity contribution in [3.63, 3.8) is 0 Å². The highest BCUT2D eigenvalue weighted by Crippen LogP contribution is 2.38. The van der Waals surface area contributed by atoms with E-state index in [0.29, 0.717) is 12.1 Å². The molecule has 0 radical (unpaired) electrons. The van der Waals surface area contributed by atoms with Crippen LogP contribution < -0.4 is 4.90 Å². The second-order valence-corrected chi connectivity index (χ2v) is 8.51. The van der Waals surface area contributed by atoms with Crippen LogP contribution in [0.25, 0.3) is 0 Å². The first-order chi connectivity index (χ1) is 12.2. The SMILES string of the molecule is CC[C@H](C)N(C(=O)OC(C)(C)C)c1ncccc1[C@H]1CCCN1C(C)C. The summed E-state index contributed by atoms with van der Waals surface area (Å²) in [6, 6.07) is 4.88. The summed E-state index contributed by atoms with van der Waals surface area (Å²) in [5, 5.41) is 0. The lowest BCUT2D eigenvalue weighted by Gasteiger charge is -2.35. The third kappa shape index (κ3) is 4.76. The van der Waals surface area contributed by atoms with E-state index in [2.05, 4.69) is 43.6 Å². The van der Waals surface area contributed by atoms with Gasteiger partial charge >= 0.3 is 6.09 Å². The van der Waals surface area contributed by atoms with Gasteiger partial charge in [0.1, 0.15) is 11.4 Å². The number of hydrogen-bond donors (Lipinski definition) is 0. The monoisotopic (exact) mass is 361 g/mol. The summed E-state index contributed by atoms with van der Waals surface area (Å²) in [4.78, 5) is 21.9. The molecule has 0 saturated carbocycles. The number of hydrogen-bond acceptors (Lipinski definition) is 4. The number of pyridine rings is 1. The van der Waals surface area contributed by atoms with Crippen molar-refractivity contribution in [1.82, 2.24) is 9.88 Å². The van der Waals surface area contributed by atoms with Crippen molar-refractivity contribution >= 4 is 11.9 Å². The summed E-state index contributed by atoms with van der Waals surface area (Å²) in [6.07, 6.45) is 4.56. The van der Waals surface area contributed by atoms with Gasteiger partial charge in [0.25, 0.3) is 0 Å². The minimum atomic E-state index is -0.533. The van der Waals surface area contributed by atoms with E-state index in [4.69, 9.17) is 4.74 Å². The van der Waals surface area contributed by atoms with Crippen molar-refractivity contribution in [3.05, 3.63) is 23.9 Å². The number of likely N-dealkylation sites (tertiary alicyclic amines) is 1. The summed E-state index contributed by atoms with van der Waals surface area (Å²) in [5.41, 5.74) is 0.597. The molecular formula is C21H35N3O2. The summed E-state index contributed by atoms with van der Waals surface area (Å²) in [6.45, 7) is 15.4. The van der Waals surface area contributed by atoms with Crippen molar-refractivity contribution < 1.29 is 9.53 Å². The van der Waals surface area contributed by atoms with Crippen LogP contribution in [-0.2, 0) is 4.74 Å². The molecule has 1 fully saturated rings. The second-order valence-electron chi connectivity index (χ2n) is 8.51. The molecule has 5 nitrogen and oxygen atoms in total. The Labute approximate surface area is 158 Å². The molecule has 146 valence electrons. The second kappa shape index (κ2) is 8.38. The lowest BCUT2D eigenvalue weighted by molar-refractivity contribution is 0.0565. The molecule has 0 unspecified atom stereocenters. The largest absolute Gasteiger partial charge is 0.443 e. The minimum Gasteiger partial charge on any atom is -0.443 e. The zero-order valence-corrected chi connectivity index (χ0v) is 17.5. The third-order valence-electron chi connectivity index (χ3n) is 4.98. The van der Waals surface area contributed by atoms with Crippen LogP contribution in [-0.4, -0.2) is 40.2 Å². The van der Waals surface area contributed by atoms with Gasteiger partial charge in [-0.25, -0.2) is 9.78 Å². The number of rotatable bonds is 5. The molecule has 0 aliphatic carbocycles. The van der Waals surface area contributed by atoms with Crippen molar-refractivity contribution in [2.45, 2.75) is 91.5 Å². The normalized spacial score (nSPS) is 19.6. The fraction of sp³-hybridized carbons (Fsp3) is 0.714. The van der Waals surface area contributed by atoms with E-state index in [0.717, 1.165) is 30.8 Å². The predicted octanol–water partition coefficient (Wildman–Crippen LogP) is 5.17. The first-order valence-corrected chi connectivity index (χ1v) is 9.88. The quantitative estimate of drug-likeness (QED) is 0.726. The van der Waals surface area contributed by atoms with Crippen LogP contribution in [0.4, 0.5) is 10.6 Å². The molecular weight excluding hydrogens is 326 g/mol. The van der Waals surface area contributed by atoms with Gasteiger partial charge in [0, 0.05) is 29.9 Å². The molecule has 0 N–H and O–H groups in total. The predicted molar refractivity (Wildman–Crippen MR) is 107 cm³/mol. The zero-order valence-electron chi connectivity index (χ0n) is 17.5. The molecule has 1 saturated heterocycles. The summed E-state index contributed by atoms with van der Waals surface area (Å²) in [5.74, 6) is 0.744. The van der Waals surface area contributed by atoms with E-state index >= 15 is 0 Å². The molecule has 0 aromatic carbocycles. The Morgan fingerprint density at radius 1 is 1.38 bits per heavy atom. The van der Waals surface area contributed by atoms with Crippen LogP contribution in [0.3, 0.4) is 0 Å². The van der Waals surface area contributed by atoms with Crippen molar-refractivity contribution in [2.75, 3.05) is 11.4 Å². The molecule has 0 spiro atoms. The number of amides is 1. The Hall–Kier alpha value is -1.62. The highest BCUT2D eigenvalue weighted by molar-refractivity contribution is 5.88. The van der Waals surface area contributed by atoms with Gasteiger partial charge in [0.2, 0.25) is 0 Å². The van der Waals surface area contributed by atoms with Crippen LogP contribution in [0.5, 0.6) is 0 Å². The maximum atomic E-state index is 13.0. The van der Waals surface area contributed by atoms with E-state index in [1.54, 1.807) is 11.1 Å². The Morgan fingerprint density at radius 3 is 2.65 bits per heavy atom. The molecule has 1 amide bonds. The molecule has 1 aromatic rings. The van der Waals surface area contributed by atoms with Crippen LogP contribution in [0.1, 0.15) is 79.3 Å². The first-order valence-electron chi connectivity index (χ1n) is 9.88. The van der Waals surface area contributed by atoms with Gasteiger partial charge in [0.15, 0.2) is 0 Å². The molecule has 5 heteroatoms. The molecule has 2 rings (SSSR count). The van der Waals surface area contributed by atoms with E-state index in [9.17, 15) is 4.79 Å². The topological polar surface area (TPSA) is 45.7 Å². The minimum absolute atomic E-state index is 0.0207. The highest BCUT2D eigenvalue weighted by atomic mass is 16.6. The van der Waals surface area contributed by atoms with Crippen LogP contribution >= 0.6 is 0 Å². The maximum absolute atomic E-state index is 13.0. The van der Waals surface area contributed by atoms with Gasteiger partial charge in [-0.05, 0) is 73.4 Å². The van der Waals surface area contributed by atoms with Crippen LogP contribution in [0.2, 0.25) is 0 Å². The Kier molecular flexibility index (Phi) is 6.67. The van der Waals surface area contributed by atoms with Gasteiger partial charge in [-0.3, -0.25) is 9.80 Å². The zero-order chi connectivity index (χ0) is 19.5. The van der Waals surface area contributed by atoms with Crippen molar-refractivity contribution in [3.8, 4) is 0 Å². The summed E-state index contributed by atoms with van der Waals surface area (Å²) < 4.78 is 5.70. The van der Waals surface area contributed by atoms with Gasteiger partial charge in [0.05, 0.1) is 0 Å². The van der Waals surface area contributed by atoms with Gasteiger partial charge in [-0.15, -0.1) is 0 Å². The summed E-state index contributed by atoms with van der Waals surface area (Å²) >= 11 is 0. The van der Waals surface area contributed by atoms with E-state index in [-0.39, 0.29) is 12.1 Å². The molecule has 2 heterocycles. The maximum Gasteiger partial charge on any atom is 0.416 e. The van der Waals surface area contributed by atoms with Gasteiger partial charge in [-0.2, -0.15) is 0 Å². The number of carbonyl (C=O) groups is 1. The smallest absolute Gasteiger partial charge is 0.416 e. The number of ether oxygens (including phenoxy) is 1. The number of nitrogens with zero attached hydrogens (tertiary/aromatic N) is 3. The first kappa shape index (κ1) is 20.7. The fourth-order valence-corrected chi connectivity index (χ4v) is 3.58. The summed E-state index contributed by atoms with van der Waals surface area (Å²) in [7, 11) is 0. The molecule has 1 aromatic heterocycles. The van der Waals surface area contributed by atoms with Crippen LogP contribution in [0, 0.1) is 0 Å². The Balaban J connectivity index is 2.44. The average Bonchev–Trinajstić information content (AvgIpc) is 3.03.